The van der Waals surface area contributed by atoms with Crippen LogP contribution in [0.25, 0.3) is 0 Å². The molecule has 0 aliphatic carbocycles. The topological polar surface area (TPSA) is 111 Å². The summed E-state index contributed by atoms with van der Waals surface area (Å²) >= 11 is 0. The highest BCUT2D eigenvalue weighted by atomic mass is 16.5. The monoisotopic (exact) mass is 414 g/mol. The van der Waals surface area contributed by atoms with Crippen LogP contribution in [0.3, 0.4) is 0 Å². The van der Waals surface area contributed by atoms with Crippen molar-refractivity contribution in [3.8, 4) is 29.2 Å². The number of aromatic nitrogens is 1. The van der Waals surface area contributed by atoms with Crippen LogP contribution in [0.5, 0.6) is 23.1 Å². The van der Waals surface area contributed by atoms with Crippen molar-refractivity contribution in [1.29, 1.82) is 5.26 Å². The van der Waals surface area contributed by atoms with E-state index in [-0.39, 0.29) is 40.3 Å². The van der Waals surface area contributed by atoms with Gasteiger partial charge in [0, 0.05) is 12.1 Å². The molecule has 0 radical (unpaired) electrons. The lowest BCUT2D eigenvalue weighted by Gasteiger charge is -2.17. The number of nitriles is 1. The molecule has 1 aromatic heterocycles. The van der Waals surface area contributed by atoms with Crippen LogP contribution in [0, 0.1) is 18.3 Å². The Kier molecular flexibility index (Phi) is 7.48. The highest BCUT2D eigenvalue weighted by Crippen LogP contribution is 2.39. The molecule has 8 heteroatoms. The number of ketones is 1. The summed E-state index contributed by atoms with van der Waals surface area (Å²) in [5, 5.41) is 20.3. The summed E-state index contributed by atoms with van der Waals surface area (Å²) in [6.45, 7) is 3.70. The van der Waals surface area contributed by atoms with Gasteiger partial charge in [-0.2, -0.15) is 5.26 Å². The SMILES string of the molecule is CCCCCn1c(O)c(C(=O)c2cc(OC)c(OC)c(OC)c2)c(C)c(C#N)c1=O. The maximum Gasteiger partial charge on any atom is 0.271 e. The van der Waals surface area contributed by atoms with Crippen molar-refractivity contribution < 1.29 is 24.1 Å². The summed E-state index contributed by atoms with van der Waals surface area (Å²) in [5.74, 6) is -0.153. The average Bonchev–Trinajstić information content (AvgIpc) is 2.75. The summed E-state index contributed by atoms with van der Waals surface area (Å²) in [4.78, 5) is 26.0. The molecule has 30 heavy (non-hydrogen) atoms. The van der Waals surface area contributed by atoms with Crippen LogP contribution in [-0.2, 0) is 6.54 Å². The van der Waals surface area contributed by atoms with Gasteiger partial charge in [0.2, 0.25) is 11.6 Å². The lowest BCUT2D eigenvalue weighted by molar-refractivity contribution is 0.103. The first-order chi connectivity index (χ1) is 14.4. The number of pyridine rings is 1. The number of ether oxygens (including phenoxy) is 3. The molecule has 0 saturated heterocycles. The van der Waals surface area contributed by atoms with E-state index >= 15 is 0 Å². The van der Waals surface area contributed by atoms with Gasteiger partial charge in [-0.15, -0.1) is 0 Å². The van der Waals surface area contributed by atoms with Crippen LogP contribution >= 0.6 is 0 Å². The van der Waals surface area contributed by atoms with E-state index in [1.165, 1.54) is 40.4 Å². The fourth-order valence-electron chi connectivity index (χ4n) is 3.31. The predicted molar refractivity (Wildman–Crippen MR) is 111 cm³/mol. The molecule has 0 unspecified atom stereocenters. The van der Waals surface area contributed by atoms with Crippen LogP contribution < -0.4 is 19.8 Å². The van der Waals surface area contributed by atoms with Crippen LogP contribution in [0.15, 0.2) is 16.9 Å². The molecule has 8 nitrogen and oxygen atoms in total. The number of unbranched alkanes of at least 4 members (excludes halogenated alkanes) is 2. The molecule has 0 atom stereocenters. The van der Waals surface area contributed by atoms with E-state index in [0.717, 1.165) is 17.4 Å². The van der Waals surface area contributed by atoms with Crippen molar-refractivity contribution in [2.24, 2.45) is 0 Å². The highest BCUT2D eigenvalue weighted by Gasteiger charge is 2.26. The number of aromatic hydroxyl groups is 1. The van der Waals surface area contributed by atoms with Gasteiger partial charge in [0.15, 0.2) is 17.3 Å². The van der Waals surface area contributed by atoms with Crippen LogP contribution in [-0.4, -0.2) is 36.8 Å². The summed E-state index contributed by atoms with van der Waals surface area (Å²) in [6.07, 6.45) is 2.40. The van der Waals surface area contributed by atoms with Gasteiger partial charge in [-0.3, -0.25) is 14.2 Å². The quantitative estimate of drug-likeness (QED) is 0.495. The van der Waals surface area contributed by atoms with Crippen molar-refractivity contribution in [1.82, 2.24) is 4.57 Å². The predicted octanol–water partition coefficient (Wildman–Crippen LogP) is 3.18. The van der Waals surface area contributed by atoms with Gasteiger partial charge in [-0.25, -0.2) is 0 Å². The molecule has 1 heterocycles. The third kappa shape index (κ3) is 4.10. The normalized spacial score (nSPS) is 10.4. The van der Waals surface area contributed by atoms with Crippen LogP contribution in [0.4, 0.5) is 0 Å². The minimum absolute atomic E-state index is 0.100. The van der Waals surface area contributed by atoms with Gasteiger partial charge in [0.1, 0.15) is 11.6 Å². The van der Waals surface area contributed by atoms with Gasteiger partial charge < -0.3 is 19.3 Å². The third-order valence-corrected chi connectivity index (χ3v) is 4.94. The molecule has 0 fully saturated rings. The molecule has 0 amide bonds. The van der Waals surface area contributed by atoms with Crippen molar-refractivity contribution in [2.75, 3.05) is 21.3 Å². The summed E-state index contributed by atoms with van der Waals surface area (Å²) in [7, 11) is 4.30. The molecule has 1 N–H and O–H groups in total. The number of carbonyl (C=O) groups excluding carboxylic acids is 1. The molecule has 2 rings (SSSR count). The minimum Gasteiger partial charge on any atom is -0.494 e. The second kappa shape index (κ2) is 9.83. The molecule has 0 spiro atoms. The van der Waals surface area contributed by atoms with E-state index < -0.39 is 17.2 Å². The van der Waals surface area contributed by atoms with Crippen molar-refractivity contribution in [3.63, 3.8) is 0 Å². The molecule has 0 aliphatic heterocycles. The molecule has 2 aromatic rings. The van der Waals surface area contributed by atoms with E-state index in [4.69, 9.17) is 14.2 Å². The fourth-order valence-corrected chi connectivity index (χ4v) is 3.31. The Bertz CT molecular complexity index is 1020. The van der Waals surface area contributed by atoms with E-state index in [2.05, 4.69) is 0 Å². The van der Waals surface area contributed by atoms with Crippen LogP contribution in [0.1, 0.15) is 53.2 Å². The first kappa shape index (κ1) is 22.8. The number of hydrogen-bond donors (Lipinski definition) is 1. The van der Waals surface area contributed by atoms with Crippen molar-refractivity contribution in [3.05, 3.63) is 44.7 Å². The summed E-state index contributed by atoms with van der Waals surface area (Å²) < 4.78 is 16.9. The molecule has 0 bridgehead atoms. The third-order valence-electron chi connectivity index (χ3n) is 4.94. The van der Waals surface area contributed by atoms with E-state index in [1.54, 1.807) is 0 Å². The maximum atomic E-state index is 13.3. The Morgan fingerprint density at radius 2 is 1.73 bits per heavy atom. The van der Waals surface area contributed by atoms with E-state index in [9.17, 15) is 20.0 Å². The van der Waals surface area contributed by atoms with E-state index in [1.807, 2.05) is 13.0 Å². The molecule has 0 saturated carbocycles. The Morgan fingerprint density at radius 1 is 1.13 bits per heavy atom. The van der Waals surface area contributed by atoms with Gasteiger partial charge in [0.05, 0.1) is 26.9 Å². The van der Waals surface area contributed by atoms with Crippen molar-refractivity contribution >= 4 is 5.78 Å². The number of benzene rings is 1. The summed E-state index contributed by atoms with van der Waals surface area (Å²) in [6, 6.07) is 4.78. The second-order valence-corrected chi connectivity index (χ2v) is 6.72. The largest absolute Gasteiger partial charge is 0.494 e. The number of nitrogens with zero attached hydrogens (tertiary/aromatic N) is 2. The number of carbonyl (C=O) groups is 1. The lowest BCUT2D eigenvalue weighted by atomic mass is 9.96. The Balaban J connectivity index is 2.72. The minimum atomic E-state index is -0.606. The molecular weight excluding hydrogens is 388 g/mol. The zero-order valence-corrected chi connectivity index (χ0v) is 17.9. The smallest absolute Gasteiger partial charge is 0.271 e. The fraction of sp³-hybridized carbons (Fsp3) is 0.409. The standard InChI is InChI=1S/C22H26N2O6/c1-6-7-8-9-24-21(26)15(12-23)13(2)18(22(24)27)19(25)14-10-16(28-3)20(30-5)17(11-14)29-4/h10-11,27H,6-9H2,1-5H3. The Morgan fingerprint density at radius 3 is 2.20 bits per heavy atom. The zero-order valence-electron chi connectivity index (χ0n) is 17.9. The summed E-state index contributed by atoms with van der Waals surface area (Å²) in [5.41, 5.74) is -0.585. The zero-order chi connectivity index (χ0) is 22.4. The second-order valence-electron chi connectivity index (χ2n) is 6.72. The van der Waals surface area contributed by atoms with Gasteiger partial charge >= 0.3 is 0 Å². The maximum absolute atomic E-state index is 13.3. The van der Waals surface area contributed by atoms with Gasteiger partial charge in [-0.05, 0) is 31.0 Å². The Hall–Kier alpha value is -3.47. The molecule has 0 aliphatic rings. The average molecular weight is 414 g/mol. The van der Waals surface area contributed by atoms with E-state index in [0.29, 0.717) is 12.2 Å². The van der Waals surface area contributed by atoms with Gasteiger partial charge in [0.25, 0.3) is 5.56 Å². The number of hydrogen-bond acceptors (Lipinski definition) is 7. The molecule has 160 valence electrons. The number of rotatable bonds is 9. The lowest BCUT2D eigenvalue weighted by Crippen LogP contribution is -2.27. The van der Waals surface area contributed by atoms with Gasteiger partial charge in [-0.1, -0.05) is 19.8 Å². The molecule has 1 aromatic carbocycles. The Labute approximate surface area is 175 Å². The first-order valence-corrected chi connectivity index (χ1v) is 9.57. The van der Waals surface area contributed by atoms with Crippen LogP contribution in [0.2, 0.25) is 0 Å². The highest BCUT2D eigenvalue weighted by molar-refractivity contribution is 6.12. The first-order valence-electron chi connectivity index (χ1n) is 9.57. The molecular formula is C22H26N2O6. The number of methoxy groups -OCH3 is 3. The van der Waals surface area contributed by atoms with Crippen molar-refractivity contribution in [2.45, 2.75) is 39.7 Å².